The summed E-state index contributed by atoms with van der Waals surface area (Å²) >= 11 is 0. The van der Waals surface area contributed by atoms with E-state index < -0.39 is 25.8 Å². The van der Waals surface area contributed by atoms with Crippen molar-refractivity contribution in [3.05, 3.63) is 71.3 Å². The van der Waals surface area contributed by atoms with Gasteiger partial charge in [0.05, 0.1) is 12.0 Å². The number of hydrogen-bond acceptors (Lipinski definition) is 4. The van der Waals surface area contributed by atoms with Crippen LogP contribution in [0, 0.1) is 13.8 Å². The molecule has 1 aliphatic heterocycles. The number of carboxylic acids is 1. The highest BCUT2D eigenvalue weighted by atomic mass is 28.3. The third-order valence-electron chi connectivity index (χ3n) is 7.69. The standard InChI is InChI=1S/C29H40FN3O3Si/c1-21-8-6-9-24(18-21)25-10-7-11-26(30)29(25,28(34)35)33-14-12-23(13-15-33)27-22(2)31-19-32(27)20-36-16-17-37(3,4)5/h6-11,18-19,23,26H,12-17,20H2,1-5H3,(H,34,35). The van der Waals surface area contributed by atoms with Crippen molar-refractivity contribution in [3.63, 3.8) is 0 Å². The molecule has 4 rings (SSSR count). The van der Waals surface area contributed by atoms with Crippen LogP contribution in [0.15, 0.2) is 48.8 Å². The van der Waals surface area contributed by atoms with Crippen LogP contribution in [0.1, 0.15) is 41.3 Å². The molecule has 0 bridgehead atoms. The van der Waals surface area contributed by atoms with E-state index in [0.29, 0.717) is 25.4 Å². The van der Waals surface area contributed by atoms with E-state index in [2.05, 4.69) is 29.2 Å². The van der Waals surface area contributed by atoms with Crippen LogP contribution in [0.3, 0.4) is 0 Å². The molecule has 37 heavy (non-hydrogen) atoms. The molecule has 6 nitrogen and oxygen atoms in total. The fourth-order valence-electron chi connectivity index (χ4n) is 5.68. The van der Waals surface area contributed by atoms with Gasteiger partial charge in [0, 0.05) is 39.4 Å². The molecule has 200 valence electrons. The Hall–Kier alpha value is -2.55. The number of imidazole rings is 1. The highest BCUT2D eigenvalue weighted by Gasteiger charge is 2.55. The van der Waals surface area contributed by atoms with E-state index in [1.807, 2.05) is 49.3 Å². The maximum absolute atomic E-state index is 15.8. The van der Waals surface area contributed by atoms with Crippen molar-refractivity contribution in [2.45, 2.75) is 76.7 Å². The molecule has 1 aromatic carbocycles. The van der Waals surface area contributed by atoms with Crippen LogP contribution in [0.4, 0.5) is 4.39 Å². The van der Waals surface area contributed by atoms with Crippen LogP contribution in [-0.2, 0) is 16.3 Å². The minimum Gasteiger partial charge on any atom is -0.480 e. The number of hydrogen-bond donors (Lipinski definition) is 1. The molecule has 2 heterocycles. The zero-order valence-electron chi connectivity index (χ0n) is 22.7. The van der Waals surface area contributed by atoms with Crippen molar-refractivity contribution in [1.82, 2.24) is 14.5 Å². The number of aliphatic carboxylic acids is 1. The minimum absolute atomic E-state index is 0.216. The lowest BCUT2D eigenvalue weighted by Gasteiger charge is -2.47. The Labute approximate surface area is 220 Å². The van der Waals surface area contributed by atoms with Crippen LogP contribution in [-0.4, -0.2) is 65.0 Å². The van der Waals surface area contributed by atoms with Gasteiger partial charge in [-0.3, -0.25) is 4.90 Å². The second-order valence-corrected chi connectivity index (χ2v) is 17.2. The minimum atomic E-state index is -1.75. The number of carboxylic acid groups (broad SMARTS) is 1. The maximum atomic E-state index is 15.8. The highest BCUT2D eigenvalue weighted by molar-refractivity contribution is 6.76. The van der Waals surface area contributed by atoms with Gasteiger partial charge in [0.1, 0.15) is 6.73 Å². The Bertz CT molecular complexity index is 1180. The summed E-state index contributed by atoms with van der Waals surface area (Å²) in [5.41, 5.74) is 2.64. The Morgan fingerprint density at radius 2 is 1.97 bits per heavy atom. The quantitative estimate of drug-likeness (QED) is 0.331. The van der Waals surface area contributed by atoms with Gasteiger partial charge in [-0.15, -0.1) is 0 Å². The van der Waals surface area contributed by atoms with Crippen molar-refractivity contribution in [2.24, 2.45) is 0 Å². The second-order valence-electron chi connectivity index (χ2n) is 11.6. The molecule has 2 unspecified atom stereocenters. The summed E-state index contributed by atoms with van der Waals surface area (Å²) in [5, 5.41) is 10.5. The molecule has 0 amide bonds. The average molecular weight is 526 g/mol. The molecule has 0 spiro atoms. The summed E-state index contributed by atoms with van der Waals surface area (Å²) in [6.07, 6.45) is 6.43. The topological polar surface area (TPSA) is 67.6 Å². The number of alkyl halides is 1. The summed E-state index contributed by atoms with van der Waals surface area (Å²) in [7, 11) is -1.16. The van der Waals surface area contributed by atoms with Crippen LogP contribution < -0.4 is 0 Å². The maximum Gasteiger partial charge on any atom is 0.332 e. The molecule has 8 heteroatoms. The Morgan fingerprint density at radius 1 is 1.24 bits per heavy atom. The zero-order chi connectivity index (χ0) is 26.8. The monoisotopic (exact) mass is 525 g/mol. The fourth-order valence-corrected chi connectivity index (χ4v) is 6.44. The third kappa shape index (κ3) is 5.66. The molecular formula is C29H40FN3O3Si. The van der Waals surface area contributed by atoms with Gasteiger partial charge in [-0.1, -0.05) is 61.6 Å². The third-order valence-corrected chi connectivity index (χ3v) is 9.39. The van der Waals surface area contributed by atoms with Crippen LogP contribution in [0.25, 0.3) is 5.57 Å². The van der Waals surface area contributed by atoms with Gasteiger partial charge in [-0.2, -0.15) is 0 Å². The predicted octanol–water partition coefficient (Wildman–Crippen LogP) is 5.81. The van der Waals surface area contributed by atoms with Crippen LogP contribution in [0.5, 0.6) is 0 Å². The first-order chi connectivity index (χ1) is 17.5. The summed E-state index contributed by atoms with van der Waals surface area (Å²) in [6, 6.07) is 8.78. The van der Waals surface area contributed by atoms with Crippen molar-refractivity contribution in [2.75, 3.05) is 19.7 Å². The molecule has 0 saturated carbocycles. The molecule has 1 saturated heterocycles. The lowest BCUT2D eigenvalue weighted by molar-refractivity contribution is -0.151. The van der Waals surface area contributed by atoms with E-state index in [0.717, 1.165) is 48.0 Å². The van der Waals surface area contributed by atoms with Crippen molar-refractivity contribution in [1.29, 1.82) is 0 Å². The van der Waals surface area contributed by atoms with Gasteiger partial charge in [-0.05, 0) is 49.9 Å². The summed E-state index contributed by atoms with van der Waals surface area (Å²) in [6.45, 7) is 13.2. The highest BCUT2D eigenvalue weighted by Crippen LogP contribution is 2.44. The smallest absolute Gasteiger partial charge is 0.332 e. The number of carbonyl (C=O) groups is 1. The number of aromatic nitrogens is 2. The SMILES string of the molecule is Cc1cccc(C2=CC=CC(F)C2(C(=O)O)N2CCC(c3c(C)ncn3COCC[Si](C)(C)C)CC2)c1. The number of allylic oxidation sites excluding steroid dienone is 2. The molecule has 1 N–H and O–H groups in total. The molecule has 1 aromatic heterocycles. The fraction of sp³-hybridized carbons (Fsp3) is 0.517. The number of ether oxygens (including phenoxy) is 1. The molecule has 1 aliphatic carbocycles. The number of likely N-dealkylation sites (tertiary alicyclic amines) is 1. The van der Waals surface area contributed by atoms with Gasteiger partial charge in [0.15, 0.2) is 11.7 Å². The molecule has 2 atom stereocenters. The van der Waals surface area contributed by atoms with Gasteiger partial charge in [0.25, 0.3) is 0 Å². The first-order valence-corrected chi connectivity index (χ1v) is 16.9. The largest absolute Gasteiger partial charge is 0.480 e. The van der Waals surface area contributed by atoms with E-state index in [1.54, 1.807) is 12.2 Å². The Kier molecular flexibility index (Phi) is 8.21. The van der Waals surface area contributed by atoms with E-state index in [1.165, 1.54) is 6.08 Å². The Balaban J connectivity index is 1.54. The van der Waals surface area contributed by atoms with Crippen molar-refractivity contribution in [3.8, 4) is 0 Å². The summed E-state index contributed by atoms with van der Waals surface area (Å²) in [5.74, 6) is -0.929. The first kappa shape index (κ1) is 27.5. The van der Waals surface area contributed by atoms with E-state index in [9.17, 15) is 9.90 Å². The van der Waals surface area contributed by atoms with E-state index >= 15 is 4.39 Å². The number of aryl methyl sites for hydroxylation is 2. The van der Waals surface area contributed by atoms with E-state index in [4.69, 9.17) is 4.74 Å². The molecule has 1 fully saturated rings. The van der Waals surface area contributed by atoms with Gasteiger partial charge in [0.2, 0.25) is 0 Å². The number of benzene rings is 1. The van der Waals surface area contributed by atoms with Gasteiger partial charge >= 0.3 is 5.97 Å². The first-order valence-electron chi connectivity index (χ1n) is 13.2. The average Bonchev–Trinajstić information content (AvgIpc) is 3.21. The van der Waals surface area contributed by atoms with Crippen molar-refractivity contribution >= 4 is 19.6 Å². The zero-order valence-corrected chi connectivity index (χ0v) is 23.7. The Morgan fingerprint density at radius 3 is 2.62 bits per heavy atom. The second kappa shape index (κ2) is 11.1. The summed E-state index contributed by atoms with van der Waals surface area (Å²) in [4.78, 5) is 19.3. The summed E-state index contributed by atoms with van der Waals surface area (Å²) < 4.78 is 23.8. The van der Waals surface area contributed by atoms with Gasteiger partial charge in [-0.25, -0.2) is 14.2 Å². The van der Waals surface area contributed by atoms with Crippen LogP contribution in [0.2, 0.25) is 25.7 Å². The van der Waals surface area contributed by atoms with Gasteiger partial charge < -0.3 is 14.4 Å². The molecule has 2 aliphatic rings. The normalized spacial score (nSPS) is 23.3. The lowest BCUT2D eigenvalue weighted by Crippen LogP contribution is -2.63. The lowest BCUT2D eigenvalue weighted by atomic mass is 9.75. The van der Waals surface area contributed by atoms with Crippen LogP contribution >= 0.6 is 0 Å². The molecule has 2 aromatic rings. The molecular weight excluding hydrogens is 485 g/mol. The van der Waals surface area contributed by atoms with Crippen molar-refractivity contribution < 1.29 is 19.0 Å². The van der Waals surface area contributed by atoms with E-state index in [-0.39, 0.29) is 5.92 Å². The number of rotatable bonds is 9. The predicted molar refractivity (Wildman–Crippen MR) is 148 cm³/mol. The number of halogens is 1. The number of nitrogens with zero attached hydrogens (tertiary/aromatic N) is 3. The molecule has 0 radical (unpaired) electrons. The number of piperidine rings is 1.